The molecule has 0 heterocycles. The van der Waals surface area contributed by atoms with E-state index >= 15 is 0 Å². The van der Waals surface area contributed by atoms with Crippen LogP contribution in [0, 0.1) is 11.3 Å². The van der Waals surface area contributed by atoms with E-state index in [2.05, 4.69) is 10.8 Å². The van der Waals surface area contributed by atoms with E-state index in [9.17, 15) is 13.5 Å². The van der Waals surface area contributed by atoms with Gasteiger partial charge in [0.25, 0.3) is 0 Å². The molecular weight excluding hydrogens is 372 g/mol. The summed E-state index contributed by atoms with van der Waals surface area (Å²) < 4.78 is 28.0. The van der Waals surface area contributed by atoms with Gasteiger partial charge in [0.15, 0.2) is 0 Å². The highest BCUT2D eigenvalue weighted by Gasteiger charge is 2.26. The molecule has 2 aromatic carbocycles. The van der Waals surface area contributed by atoms with Crippen LogP contribution in [0.15, 0.2) is 47.4 Å². The predicted octanol–water partition coefficient (Wildman–Crippen LogP) is 3.46. The van der Waals surface area contributed by atoms with Gasteiger partial charge in [0.05, 0.1) is 22.8 Å². The lowest BCUT2D eigenvalue weighted by Crippen LogP contribution is -2.38. The molecule has 0 unspecified atom stereocenters. The summed E-state index contributed by atoms with van der Waals surface area (Å²) >= 11 is 6.25. The van der Waals surface area contributed by atoms with E-state index in [1.807, 2.05) is 0 Å². The second kappa shape index (κ2) is 7.77. The van der Waals surface area contributed by atoms with Crippen LogP contribution >= 0.6 is 11.6 Å². The van der Waals surface area contributed by atoms with E-state index in [0.29, 0.717) is 31.2 Å². The Kier molecular flexibility index (Phi) is 5.64. The second-order valence-corrected chi connectivity index (χ2v) is 8.55. The van der Waals surface area contributed by atoms with Crippen molar-refractivity contribution in [3.05, 3.63) is 53.1 Å². The fourth-order valence-electron chi connectivity index (χ4n) is 3.11. The Morgan fingerprint density at radius 2 is 1.65 bits per heavy atom. The molecule has 1 aliphatic carbocycles. The molecule has 0 atom stereocenters. The van der Waals surface area contributed by atoms with Crippen molar-refractivity contribution in [2.24, 2.45) is 0 Å². The standard InChI is InChI=1S/C19H19ClN2O3S/c20-18-11-15(14-3-1-13(12-21)2-4-14)5-10-19(18)26(24,25)22-16-6-8-17(23)9-7-16/h1-5,10-11,16-17,22-23H,6-9H2/t16-,17-. The summed E-state index contributed by atoms with van der Waals surface area (Å²) in [5.74, 6) is 0. The first-order chi connectivity index (χ1) is 12.4. The number of halogens is 1. The fraction of sp³-hybridized carbons (Fsp3) is 0.316. The summed E-state index contributed by atoms with van der Waals surface area (Å²) in [5, 5.41) is 18.5. The average molecular weight is 391 g/mol. The van der Waals surface area contributed by atoms with Crippen molar-refractivity contribution in [3.8, 4) is 17.2 Å². The second-order valence-electron chi connectivity index (χ2n) is 6.46. The number of aliphatic hydroxyl groups excluding tert-OH is 1. The Morgan fingerprint density at radius 1 is 1.04 bits per heavy atom. The van der Waals surface area contributed by atoms with Crippen LogP contribution in [-0.4, -0.2) is 25.7 Å². The normalized spacial score (nSPS) is 20.5. The molecule has 1 saturated carbocycles. The summed E-state index contributed by atoms with van der Waals surface area (Å²) in [6, 6.07) is 13.7. The number of sulfonamides is 1. The first-order valence-electron chi connectivity index (χ1n) is 8.39. The highest BCUT2D eigenvalue weighted by Crippen LogP contribution is 2.29. The van der Waals surface area contributed by atoms with Gasteiger partial charge in [-0.05, 0) is 61.1 Å². The van der Waals surface area contributed by atoms with Crippen molar-refractivity contribution in [3.63, 3.8) is 0 Å². The molecule has 0 radical (unpaired) electrons. The number of hydrogen-bond donors (Lipinski definition) is 2. The van der Waals surface area contributed by atoms with Crippen LogP contribution in [0.25, 0.3) is 11.1 Å². The average Bonchev–Trinajstić information content (AvgIpc) is 2.63. The molecule has 0 aromatic heterocycles. The van der Waals surface area contributed by atoms with Gasteiger partial charge in [0.1, 0.15) is 4.90 Å². The number of nitriles is 1. The quantitative estimate of drug-likeness (QED) is 0.836. The molecule has 0 amide bonds. The smallest absolute Gasteiger partial charge is 0.242 e. The van der Waals surface area contributed by atoms with Crippen LogP contribution in [0.5, 0.6) is 0 Å². The van der Waals surface area contributed by atoms with Crippen LogP contribution in [0.2, 0.25) is 5.02 Å². The van der Waals surface area contributed by atoms with E-state index in [1.54, 1.807) is 36.4 Å². The van der Waals surface area contributed by atoms with E-state index in [0.717, 1.165) is 11.1 Å². The predicted molar refractivity (Wildman–Crippen MR) is 100 cm³/mol. The van der Waals surface area contributed by atoms with Gasteiger partial charge in [-0.25, -0.2) is 13.1 Å². The van der Waals surface area contributed by atoms with Crippen LogP contribution in [-0.2, 0) is 10.0 Å². The van der Waals surface area contributed by atoms with Crippen molar-refractivity contribution < 1.29 is 13.5 Å². The molecule has 0 spiro atoms. The minimum Gasteiger partial charge on any atom is -0.393 e. The Bertz CT molecular complexity index is 928. The van der Waals surface area contributed by atoms with E-state index in [-0.39, 0.29) is 22.1 Å². The number of nitrogens with one attached hydrogen (secondary N) is 1. The molecular formula is C19H19ClN2O3S. The lowest BCUT2D eigenvalue weighted by molar-refractivity contribution is 0.120. The number of rotatable bonds is 4. The Labute approximate surface area is 158 Å². The van der Waals surface area contributed by atoms with Gasteiger partial charge in [-0.2, -0.15) is 5.26 Å². The zero-order chi connectivity index (χ0) is 18.7. The topological polar surface area (TPSA) is 90.2 Å². The molecule has 0 bridgehead atoms. The molecule has 5 nitrogen and oxygen atoms in total. The van der Waals surface area contributed by atoms with Crippen LogP contribution in [0.1, 0.15) is 31.2 Å². The minimum atomic E-state index is -3.72. The molecule has 3 rings (SSSR count). The lowest BCUT2D eigenvalue weighted by Gasteiger charge is -2.26. The number of nitrogens with zero attached hydrogens (tertiary/aromatic N) is 1. The van der Waals surface area contributed by atoms with Gasteiger partial charge in [0.2, 0.25) is 10.0 Å². The number of hydrogen-bond acceptors (Lipinski definition) is 4. The third-order valence-electron chi connectivity index (χ3n) is 4.59. The van der Waals surface area contributed by atoms with E-state index in [4.69, 9.17) is 16.9 Å². The van der Waals surface area contributed by atoms with Gasteiger partial charge in [0, 0.05) is 6.04 Å². The zero-order valence-corrected chi connectivity index (χ0v) is 15.6. The SMILES string of the molecule is N#Cc1ccc(-c2ccc(S(=O)(=O)N[C@H]3CC[C@H](O)CC3)c(Cl)c2)cc1. The molecule has 7 heteroatoms. The van der Waals surface area contributed by atoms with Crippen molar-refractivity contribution >= 4 is 21.6 Å². The van der Waals surface area contributed by atoms with Gasteiger partial charge in [-0.15, -0.1) is 0 Å². The molecule has 136 valence electrons. The number of benzene rings is 2. The van der Waals surface area contributed by atoms with Crippen LogP contribution in [0.3, 0.4) is 0 Å². The van der Waals surface area contributed by atoms with Crippen molar-refractivity contribution in [2.75, 3.05) is 0 Å². The molecule has 1 fully saturated rings. The van der Waals surface area contributed by atoms with Gasteiger partial charge >= 0.3 is 0 Å². The Hall–Kier alpha value is -1.91. The maximum Gasteiger partial charge on any atom is 0.242 e. The van der Waals surface area contributed by atoms with E-state index in [1.165, 1.54) is 6.07 Å². The molecule has 1 aliphatic rings. The van der Waals surface area contributed by atoms with Crippen LogP contribution < -0.4 is 4.72 Å². The largest absolute Gasteiger partial charge is 0.393 e. The first kappa shape index (κ1) is 18.9. The zero-order valence-electron chi connectivity index (χ0n) is 14.0. The molecule has 0 saturated heterocycles. The van der Waals surface area contributed by atoms with Crippen molar-refractivity contribution in [1.82, 2.24) is 4.72 Å². The Balaban J connectivity index is 1.81. The molecule has 0 aliphatic heterocycles. The molecule has 2 N–H and O–H groups in total. The highest BCUT2D eigenvalue weighted by molar-refractivity contribution is 7.89. The fourth-order valence-corrected chi connectivity index (χ4v) is 4.96. The summed E-state index contributed by atoms with van der Waals surface area (Å²) in [6.45, 7) is 0. The molecule has 26 heavy (non-hydrogen) atoms. The van der Waals surface area contributed by atoms with Crippen molar-refractivity contribution in [1.29, 1.82) is 5.26 Å². The lowest BCUT2D eigenvalue weighted by atomic mass is 9.94. The van der Waals surface area contributed by atoms with Gasteiger partial charge in [-0.1, -0.05) is 29.8 Å². The summed E-state index contributed by atoms with van der Waals surface area (Å²) in [6.07, 6.45) is 2.07. The van der Waals surface area contributed by atoms with E-state index < -0.39 is 10.0 Å². The molecule has 2 aromatic rings. The Morgan fingerprint density at radius 3 is 2.23 bits per heavy atom. The summed E-state index contributed by atoms with van der Waals surface area (Å²) in [4.78, 5) is 0.0442. The summed E-state index contributed by atoms with van der Waals surface area (Å²) in [5.41, 5.74) is 2.18. The third kappa shape index (κ3) is 4.25. The minimum absolute atomic E-state index is 0.0442. The van der Waals surface area contributed by atoms with Gasteiger partial charge < -0.3 is 5.11 Å². The first-order valence-corrected chi connectivity index (χ1v) is 10.3. The number of aliphatic hydroxyl groups is 1. The maximum atomic E-state index is 12.6. The summed E-state index contributed by atoms with van der Waals surface area (Å²) in [7, 11) is -3.72. The third-order valence-corrected chi connectivity index (χ3v) is 6.59. The van der Waals surface area contributed by atoms with Gasteiger partial charge in [-0.3, -0.25) is 0 Å². The monoisotopic (exact) mass is 390 g/mol. The highest BCUT2D eigenvalue weighted by atomic mass is 35.5. The maximum absolute atomic E-state index is 12.6. The van der Waals surface area contributed by atoms with Crippen LogP contribution in [0.4, 0.5) is 0 Å². The van der Waals surface area contributed by atoms with Crippen molar-refractivity contribution in [2.45, 2.75) is 42.7 Å².